The molecular formula is C11H7ClFN3O. The molecule has 0 aliphatic carbocycles. The Hall–Kier alpha value is -2.01. The van der Waals surface area contributed by atoms with Crippen LogP contribution in [-0.4, -0.2) is 16.3 Å². The molecule has 1 aromatic heterocycles. The summed E-state index contributed by atoms with van der Waals surface area (Å²) in [7, 11) is 0. The summed E-state index contributed by atoms with van der Waals surface area (Å²) < 4.78 is 13.0. The van der Waals surface area contributed by atoms with Crippen molar-refractivity contribution in [2.45, 2.75) is 0 Å². The van der Waals surface area contributed by atoms with Crippen LogP contribution in [0.5, 0.6) is 0 Å². The smallest absolute Gasteiger partial charge is 0.156 e. The molecule has 0 aliphatic rings. The first-order chi connectivity index (χ1) is 8.20. The fraction of sp³-hybridized carbons (Fsp3) is 0. The van der Waals surface area contributed by atoms with E-state index in [4.69, 9.17) is 11.6 Å². The second-order valence-electron chi connectivity index (χ2n) is 3.18. The lowest BCUT2D eigenvalue weighted by Gasteiger charge is -2.07. The van der Waals surface area contributed by atoms with Crippen LogP contribution in [0.4, 0.5) is 15.9 Å². The number of anilines is 2. The van der Waals surface area contributed by atoms with E-state index in [0.29, 0.717) is 12.0 Å². The Morgan fingerprint density at radius 1 is 1.35 bits per heavy atom. The van der Waals surface area contributed by atoms with Crippen LogP contribution in [0.1, 0.15) is 10.4 Å². The molecule has 0 saturated heterocycles. The van der Waals surface area contributed by atoms with Gasteiger partial charge in [0.1, 0.15) is 23.1 Å². The van der Waals surface area contributed by atoms with Crippen LogP contribution in [0, 0.1) is 5.82 Å². The summed E-state index contributed by atoms with van der Waals surface area (Å²) in [6, 6.07) is 5.79. The van der Waals surface area contributed by atoms with Gasteiger partial charge in [0.05, 0.1) is 5.56 Å². The second kappa shape index (κ2) is 4.88. The van der Waals surface area contributed by atoms with Gasteiger partial charge < -0.3 is 5.32 Å². The summed E-state index contributed by atoms with van der Waals surface area (Å²) in [5.74, 6) is -0.145. The Bertz CT molecular complexity index is 562. The van der Waals surface area contributed by atoms with Crippen molar-refractivity contribution in [2.75, 3.05) is 5.32 Å². The minimum Gasteiger partial charge on any atom is -0.339 e. The molecule has 0 atom stereocenters. The van der Waals surface area contributed by atoms with Gasteiger partial charge in [-0.2, -0.15) is 0 Å². The zero-order valence-corrected chi connectivity index (χ0v) is 9.28. The monoisotopic (exact) mass is 251 g/mol. The maximum Gasteiger partial charge on any atom is 0.156 e. The van der Waals surface area contributed by atoms with Crippen LogP contribution in [0.3, 0.4) is 0 Å². The van der Waals surface area contributed by atoms with E-state index < -0.39 is 0 Å². The van der Waals surface area contributed by atoms with Gasteiger partial charge in [-0.25, -0.2) is 14.4 Å². The summed E-state index contributed by atoms with van der Waals surface area (Å²) in [5.41, 5.74) is 0.612. The summed E-state index contributed by atoms with van der Waals surface area (Å²) in [5, 5.41) is 2.85. The molecule has 0 radical (unpaired) electrons. The molecule has 2 rings (SSSR count). The molecule has 0 saturated carbocycles. The summed E-state index contributed by atoms with van der Waals surface area (Å²) in [6.07, 6.45) is 1.76. The van der Waals surface area contributed by atoms with Gasteiger partial charge in [0.2, 0.25) is 0 Å². The minimum atomic E-state index is -0.386. The van der Waals surface area contributed by atoms with E-state index in [1.54, 1.807) is 12.1 Å². The first-order valence-electron chi connectivity index (χ1n) is 4.69. The summed E-state index contributed by atoms with van der Waals surface area (Å²) >= 11 is 5.73. The van der Waals surface area contributed by atoms with Crippen LogP contribution >= 0.6 is 11.6 Å². The number of carbonyl (C=O) groups excluding carboxylic acids is 1. The van der Waals surface area contributed by atoms with Gasteiger partial charge in [-0.05, 0) is 18.2 Å². The minimum absolute atomic E-state index is 0.0499. The highest BCUT2D eigenvalue weighted by Gasteiger charge is 2.09. The molecule has 0 bridgehead atoms. The second-order valence-corrected chi connectivity index (χ2v) is 3.54. The number of aldehydes is 1. The molecular weight excluding hydrogens is 245 g/mol. The molecule has 0 amide bonds. The van der Waals surface area contributed by atoms with Crippen LogP contribution in [-0.2, 0) is 0 Å². The first-order valence-corrected chi connectivity index (χ1v) is 5.07. The number of aromatic nitrogens is 2. The molecule has 0 fully saturated rings. The van der Waals surface area contributed by atoms with E-state index in [0.717, 1.165) is 0 Å². The van der Waals surface area contributed by atoms with E-state index >= 15 is 0 Å². The Kier molecular flexibility index (Phi) is 3.30. The van der Waals surface area contributed by atoms with Gasteiger partial charge >= 0.3 is 0 Å². The van der Waals surface area contributed by atoms with Crippen LogP contribution < -0.4 is 5.32 Å². The van der Waals surface area contributed by atoms with Crippen LogP contribution in [0.2, 0.25) is 5.15 Å². The van der Waals surface area contributed by atoms with Crippen molar-refractivity contribution in [1.29, 1.82) is 0 Å². The van der Waals surface area contributed by atoms with Gasteiger partial charge in [0.15, 0.2) is 6.29 Å². The SMILES string of the molecule is O=Cc1c(Cl)ncnc1Nc1cccc(F)c1. The van der Waals surface area contributed by atoms with Gasteiger partial charge in [-0.1, -0.05) is 17.7 Å². The highest BCUT2D eigenvalue weighted by molar-refractivity contribution is 6.32. The lowest BCUT2D eigenvalue weighted by molar-refractivity contribution is 0.112. The predicted molar refractivity (Wildman–Crippen MR) is 62.1 cm³/mol. The molecule has 0 spiro atoms. The van der Waals surface area contributed by atoms with Gasteiger partial charge in [-0.3, -0.25) is 4.79 Å². The van der Waals surface area contributed by atoms with Crippen molar-refractivity contribution in [3.63, 3.8) is 0 Å². The summed E-state index contributed by atoms with van der Waals surface area (Å²) in [4.78, 5) is 18.4. The Balaban J connectivity index is 2.36. The third-order valence-corrected chi connectivity index (χ3v) is 2.34. The topological polar surface area (TPSA) is 54.9 Å². The predicted octanol–water partition coefficient (Wildman–Crippen LogP) is 2.83. The molecule has 4 nitrogen and oxygen atoms in total. The first kappa shape index (κ1) is 11.5. The maximum atomic E-state index is 13.0. The molecule has 1 N–H and O–H groups in total. The molecule has 6 heteroatoms. The lowest BCUT2D eigenvalue weighted by atomic mass is 10.3. The van der Waals surface area contributed by atoms with E-state index in [-0.39, 0.29) is 22.4 Å². The Morgan fingerprint density at radius 2 is 2.18 bits per heavy atom. The van der Waals surface area contributed by atoms with Crippen molar-refractivity contribution in [2.24, 2.45) is 0 Å². The van der Waals surface area contributed by atoms with Crippen LogP contribution in [0.25, 0.3) is 0 Å². The molecule has 86 valence electrons. The molecule has 17 heavy (non-hydrogen) atoms. The number of hydrogen-bond acceptors (Lipinski definition) is 4. The number of hydrogen-bond donors (Lipinski definition) is 1. The van der Waals surface area contributed by atoms with E-state index in [2.05, 4.69) is 15.3 Å². The zero-order chi connectivity index (χ0) is 12.3. The normalized spacial score (nSPS) is 10.0. The zero-order valence-electron chi connectivity index (χ0n) is 8.52. The number of carbonyl (C=O) groups is 1. The van der Waals surface area contributed by atoms with Gasteiger partial charge in [0.25, 0.3) is 0 Å². The number of benzene rings is 1. The average Bonchev–Trinajstić information content (AvgIpc) is 2.29. The number of nitrogens with zero attached hydrogens (tertiary/aromatic N) is 2. The molecule has 0 aliphatic heterocycles. The maximum absolute atomic E-state index is 13.0. The van der Waals surface area contributed by atoms with E-state index in [9.17, 15) is 9.18 Å². The number of nitrogens with one attached hydrogen (secondary N) is 1. The third-order valence-electron chi connectivity index (χ3n) is 2.04. The third kappa shape index (κ3) is 2.57. The van der Waals surface area contributed by atoms with Crippen molar-refractivity contribution in [1.82, 2.24) is 9.97 Å². The molecule has 1 heterocycles. The lowest BCUT2D eigenvalue weighted by Crippen LogP contribution is -2.00. The summed E-state index contributed by atoms with van der Waals surface area (Å²) in [6.45, 7) is 0. The van der Waals surface area contributed by atoms with Crippen LogP contribution in [0.15, 0.2) is 30.6 Å². The van der Waals surface area contributed by atoms with Gasteiger partial charge in [-0.15, -0.1) is 0 Å². The highest BCUT2D eigenvalue weighted by Crippen LogP contribution is 2.21. The fourth-order valence-corrected chi connectivity index (χ4v) is 1.46. The average molecular weight is 252 g/mol. The van der Waals surface area contributed by atoms with Gasteiger partial charge in [0, 0.05) is 5.69 Å². The van der Waals surface area contributed by atoms with E-state index in [1.807, 2.05) is 0 Å². The Morgan fingerprint density at radius 3 is 2.88 bits per heavy atom. The van der Waals surface area contributed by atoms with Crippen molar-refractivity contribution in [3.8, 4) is 0 Å². The molecule has 1 aromatic carbocycles. The standard InChI is InChI=1S/C11H7ClFN3O/c12-10-9(5-17)11(15-6-14-10)16-8-3-1-2-7(13)4-8/h1-6H,(H,14,15,16). The quantitative estimate of drug-likeness (QED) is 0.673. The van der Waals surface area contributed by atoms with Crippen molar-refractivity contribution in [3.05, 3.63) is 47.1 Å². The largest absolute Gasteiger partial charge is 0.339 e. The Labute approximate surface area is 101 Å². The number of rotatable bonds is 3. The van der Waals surface area contributed by atoms with Crippen molar-refractivity contribution < 1.29 is 9.18 Å². The number of halogens is 2. The van der Waals surface area contributed by atoms with E-state index in [1.165, 1.54) is 18.5 Å². The molecule has 0 unspecified atom stereocenters. The molecule has 2 aromatic rings. The highest BCUT2D eigenvalue weighted by atomic mass is 35.5. The van der Waals surface area contributed by atoms with Crippen molar-refractivity contribution >= 4 is 29.4 Å². The fourth-order valence-electron chi connectivity index (χ4n) is 1.28.